The molecule has 2 aliphatic heterocycles. The van der Waals surface area contributed by atoms with Crippen LogP contribution in [0, 0.1) is 11.8 Å². The number of carbonyl (C=O) groups is 1. The second-order valence-electron chi connectivity index (χ2n) is 9.08. The summed E-state index contributed by atoms with van der Waals surface area (Å²) in [5, 5.41) is 40.2. The molecule has 2 saturated heterocycles. The fourth-order valence-corrected chi connectivity index (χ4v) is 4.67. The van der Waals surface area contributed by atoms with E-state index in [2.05, 4.69) is 16.0 Å². The molecule has 2 heterocycles. The first-order valence-electron chi connectivity index (χ1n) is 10.4. The average molecular weight is 417 g/mol. The smallest absolute Gasteiger partial charge is 0.249 e. The van der Waals surface area contributed by atoms with Crippen molar-refractivity contribution in [2.24, 2.45) is 17.6 Å². The lowest BCUT2D eigenvalue weighted by Crippen LogP contribution is -2.66. The van der Waals surface area contributed by atoms with Crippen LogP contribution in [0.3, 0.4) is 0 Å². The van der Waals surface area contributed by atoms with Crippen LogP contribution in [0.15, 0.2) is 0 Å². The first-order valence-corrected chi connectivity index (χ1v) is 10.4. The Balaban J connectivity index is 1.68. The van der Waals surface area contributed by atoms with Gasteiger partial charge in [0.15, 0.2) is 6.29 Å². The van der Waals surface area contributed by atoms with Gasteiger partial charge in [-0.3, -0.25) is 4.79 Å². The molecule has 1 unspecified atom stereocenters. The maximum Gasteiger partial charge on any atom is 0.249 e. The van der Waals surface area contributed by atoms with Crippen LogP contribution in [-0.4, -0.2) is 96.3 Å². The van der Waals surface area contributed by atoms with Gasteiger partial charge in [0, 0.05) is 25.0 Å². The quantitative estimate of drug-likeness (QED) is 0.244. The minimum Gasteiger partial charge on any atom is -0.386 e. The topological polar surface area (TPSA) is 158 Å². The van der Waals surface area contributed by atoms with E-state index in [0.717, 1.165) is 0 Å². The van der Waals surface area contributed by atoms with Crippen LogP contribution >= 0.6 is 0 Å². The highest BCUT2D eigenvalue weighted by atomic mass is 16.7. The number of nitrogens with two attached hydrogens (primary N) is 1. The Hall–Kier alpha value is -0.850. The molecule has 0 bridgehead atoms. The summed E-state index contributed by atoms with van der Waals surface area (Å²) in [5.41, 5.74) is 4.93. The Morgan fingerprint density at radius 3 is 2.66 bits per heavy atom. The van der Waals surface area contributed by atoms with E-state index < -0.39 is 48.2 Å². The van der Waals surface area contributed by atoms with E-state index in [9.17, 15) is 20.1 Å². The molecule has 0 aromatic heterocycles. The molecule has 9 atom stereocenters. The number of ether oxygens (including phenoxy) is 2. The molecule has 3 fully saturated rings. The third kappa shape index (κ3) is 4.91. The third-order valence-corrected chi connectivity index (χ3v) is 6.48. The zero-order valence-corrected chi connectivity index (χ0v) is 17.4. The van der Waals surface area contributed by atoms with Gasteiger partial charge in [0.25, 0.3) is 0 Å². The Morgan fingerprint density at radius 1 is 1.38 bits per heavy atom. The Kier molecular flexibility index (Phi) is 7.17. The van der Waals surface area contributed by atoms with E-state index in [0.29, 0.717) is 25.9 Å². The molecular formula is C19H36N4O6. The Morgan fingerprint density at radius 2 is 2.07 bits per heavy atom. The Labute approximate surface area is 171 Å². The molecular weight excluding hydrogens is 380 g/mol. The summed E-state index contributed by atoms with van der Waals surface area (Å²) in [5.74, 6) is -0.512. The number of nitrogens with one attached hydrogen (secondary N) is 3. The van der Waals surface area contributed by atoms with Gasteiger partial charge in [0.1, 0.15) is 17.8 Å². The molecule has 0 radical (unpaired) electrons. The first-order chi connectivity index (χ1) is 13.6. The van der Waals surface area contributed by atoms with Crippen molar-refractivity contribution in [2.75, 3.05) is 26.7 Å². The number of hydrogen-bond donors (Lipinski definition) is 7. The number of hydrogen-bond acceptors (Lipinski definition) is 9. The molecule has 0 aromatic rings. The van der Waals surface area contributed by atoms with Gasteiger partial charge in [-0.1, -0.05) is 6.92 Å². The van der Waals surface area contributed by atoms with Crippen LogP contribution < -0.4 is 21.7 Å². The van der Waals surface area contributed by atoms with E-state index in [1.165, 1.54) is 0 Å². The lowest BCUT2D eigenvalue weighted by molar-refractivity contribution is -0.288. The molecule has 1 saturated carbocycles. The fraction of sp³-hybridized carbons (Fsp3) is 0.947. The number of likely N-dealkylation sites (N-methyl/N-ethyl adjacent to an activating group) is 1. The number of amides is 1. The lowest BCUT2D eigenvalue weighted by Gasteiger charge is -2.47. The van der Waals surface area contributed by atoms with Crippen LogP contribution in [-0.2, 0) is 14.3 Å². The normalized spacial score (nSPS) is 44.7. The van der Waals surface area contributed by atoms with E-state index in [1.54, 1.807) is 14.0 Å². The zero-order chi connectivity index (χ0) is 21.3. The van der Waals surface area contributed by atoms with Crippen molar-refractivity contribution >= 4 is 5.91 Å². The number of aliphatic hydroxyl groups is 3. The fourth-order valence-electron chi connectivity index (χ4n) is 4.67. The minimum absolute atomic E-state index is 0.00523. The largest absolute Gasteiger partial charge is 0.386 e. The van der Waals surface area contributed by atoms with Crippen molar-refractivity contribution in [3.63, 3.8) is 0 Å². The van der Waals surface area contributed by atoms with Crippen LogP contribution in [0.2, 0.25) is 0 Å². The molecule has 3 aliphatic rings. The minimum atomic E-state index is -1.23. The molecule has 29 heavy (non-hydrogen) atoms. The number of carbonyl (C=O) groups excluding carboxylic acids is 1. The first kappa shape index (κ1) is 22.8. The molecule has 1 amide bonds. The van der Waals surface area contributed by atoms with Crippen molar-refractivity contribution in [2.45, 2.75) is 75.0 Å². The highest BCUT2D eigenvalue weighted by molar-refractivity contribution is 5.81. The SMILES string of the molecule is CN[C@@H]1[C@@H](O)[C@@H](O[C@@H]2[C@@H](C)C[C@@H](N)C[C@H]2NC(=O)C(O)C2CNC2)OC[C@]1(C)O. The summed E-state index contributed by atoms with van der Waals surface area (Å²) < 4.78 is 11.8. The molecule has 0 spiro atoms. The zero-order valence-electron chi connectivity index (χ0n) is 17.4. The molecule has 3 rings (SSSR count). The van der Waals surface area contributed by atoms with Gasteiger partial charge in [-0.05, 0) is 32.7 Å². The third-order valence-electron chi connectivity index (χ3n) is 6.48. The molecule has 168 valence electrons. The highest BCUT2D eigenvalue weighted by Gasteiger charge is 2.48. The van der Waals surface area contributed by atoms with Gasteiger partial charge in [-0.25, -0.2) is 0 Å². The van der Waals surface area contributed by atoms with Crippen LogP contribution in [0.4, 0.5) is 0 Å². The summed E-state index contributed by atoms with van der Waals surface area (Å²) in [6.45, 7) is 4.81. The standard InChI is InChI=1S/C19H36N4O6/c1-9-4-11(20)5-12(23-17(26)13(24)10-6-22-7-10)15(9)29-18-14(25)16(21-3)19(2,27)8-28-18/h9-16,18,21-22,24-25,27H,4-8,20H2,1-3H3,(H,23,26)/t9-,11+,12+,13?,14+,15+,16+,18+,19-/m0/s1. The second-order valence-corrected chi connectivity index (χ2v) is 9.08. The number of aliphatic hydroxyl groups excluding tert-OH is 2. The van der Waals surface area contributed by atoms with Gasteiger partial charge in [-0.15, -0.1) is 0 Å². The van der Waals surface area contributed by atoms with Gasteiger partial charge in [0.05, 0.1) is 24.8 Å². The average Bonchev–Trinajstić information content (AvgIpc) is 2.58. The summed E-state index contributed by atoms with van der Waals surface area (Å²) in [4.78, 5) is 12.5. The van der Waals surface area contributed by atoms with Gasteiger partial charge < -0.3 is 46.5 Å². The summed E-state index contributed by atoms with van der Waals surface area (Å²) in [6, 6.07) is -1.13. The van der Waals surface area contributed by atoms with Crippen molar-refractivity contribution in [3.05, 3.63) is 0 Å². The van der Waals surface area contributed by atoms with Crippen molar-refractivity contribution in [1.29, 1.82) is 0 Å². The molecule has 8 N–H and O–H groups in total. The maximum absolute atomic E-state index is 12.5. The molecule has 0 aromatic carbocycles. The molecule has 10 nitrogen and oxygen atoms in total. The maximum atomic E-state index is 12.5. The van der Waals surface area contributed by atoms with Crippen LogP contribution in [0.1, 0.15) is 26.7 Å². The van der Waals surface area contributed by atoms with Gasteiger partial charge >= 0.3 is 0 Å². The summed E-state index contributed by atoms with van der Waals surface area (Å²) in [7, 11) is 1.66. The summed E-state index contributed by atoms with van der Waals surface area (Å²) in [6.07, 6.45) is -2.34. The van der Waals surface area contributed by atoms with Crippen molar-refractivity contribution in [3.8, 4) is 0 Å². The number of rotatable bonds is 6. The molecule has 10 heteroatoms. The van der Waals surface area contributed by atoms with E-state index in [-0.39, 0.29) is 24.5 Å². The van der Waals surface area contributed by atoms with Crippen molar-refractivity contribution < 1.29 is 29.6 Å². The summed E-state index contributed by atoms with van der Waals surface area (Å²) >= 11 is 0. The monoisotopic (exact) mass is 416 g/mol. The van der Waals surface area contributed by atoms with E-state index in [1.807, 2.05) is 6.92 Å². The second kappa shape index (κ2) is 9.11. The predicted molar refractivity (Wildman–Crippen MR) is 105 cm³/mol. The highest BCUT2D eigenvalue weighted by Crippen LogP contribution is 2.31. The van der Waals surface area contributed by atoms with Crippen LogP contribution in [0.5, 0.6) is 0 Å². The van der Waals surface area contributed by atoms with Gasteiger partial charge in [0.2, 0.25) is 5.91 Å². The van der Waals surface area contributed by atoms with E-state index in [4.69, 9.17) is 15.2 Å². The van der Waals surface area contributed by atoms with Gasteiger partial charge in [-0.2, -0.15) is 0 Å². The van der Waals surface area contributed by atoms with Crippen LogP contribution in [0.25, 0.3) is 0 Å². The lowest BCUT2D eigenvalue weighted by atomic mass is 9.80. The Bertz CT molecular complexity index is 575. The van der Waals surface area contributed by atoms with E-state index >= 15 is 0 Å². The van der Waals surface area contributed by atoms with Crippen molar-refractivity contribution in [1.82, 2.24) is 16.0 Å². The molecule has 1 aliphatic carbocycles. The predicted octanol–water partition coefficient (Wildman–Crippen LogP) is -2.75.